The summed E-state index contributed by atoms with van der Waals surface area (Å²) in [7, 11) is -3.47. The van der Waals surface area contributed by atoms with E-state index < -0.39 is 10.0 Å². The van der Waals surface area contributed by atoms with Crippen molar-refractivity contribution in [2.45, 2.75) is 45.6 Å². The van der Waals surface area contributed by atoms with Crippen LogP contribution in [0.3, 0.4) is 0 Å². The lowest BCUT2D eigenvalue weighted by Crippen LogP contribution is -2.25. The average Bonchev–Trinajstić information content (AvgIpc) is 2.54. The van der Waals surface area contributed by atoms with Crippen molar-refractivity contribution in [1.29, 1.82) is 0 Å². The van der Waals surface area contributed by atoms with E-state index in [0.29, 0.717) is 24.6 Å². The standard InChI is InChI=1S/C12H22N2O3S/c1-5-7-13-8-11-9(3)17-10(4)12(11)18(15,16)14-6-2/h13-14H,5-8H2,1-4H3. The van der Waals surface area contributed by atoms with E-state index in [-0.39, 0.29) is 4.90 Å². The van der Waals surface area contributed by atoms with Crippen molar-refractivity contribution in [3.63, 3.8) is 0 Å². The van der Waals surface area contributed by atoms with E-state index >= 15 is 0 Å². The van der Waals surface area contributed by atoms with Gasteiger partial charge in [0, 0.05) is 18.7 Å². The molecule has 5 nitrogen and oxygen atoms in total. The van der Waals surface area contributed by atoms with Crippen LogP contribution in [0.15, 0.2) is 9.31 Å². The first kappa shape index (κ1) is 15.2. The number of nitrogens with one attached hydrogen (secondary N) is 2. The van der Waals surface area contributed by atoms with Gasteiger partial charge in [0.2, 0.25) is 10.0 Å². The molecule has 0 aliphatic heterocycles. The molecule has 0 aliphatic carbocycles. The Labute approximate surface area is 109 Å². The maximum absolute atomic E-state index is 12.1. The molecule has 0 bridgehead atoms. The predicted octanol–water partition coefficient (Wildman–Crippen LogP) is 1.69. The Bertz CT molecular complexity index is 492. The van der Waals surface area contributed by atoms with Crippen molar-refractivity contribution in [1.82, 2.24) is 10.0 Å². The van der Waals surface area contributed by atoms with Crippen molar-refractivity contribution < 1.29 is 12.8 Å². The fraction of sp³-hybridized carbons (Fsp3) is 0.667. The molecule has 0 fully saturated rings. The zero-order chi connectivity index (χ0) is 13.8. The van der Waals surface area contributed by atoms with Crippen LogP contribution in [0, 0.1) is 13.8 Å². The minimum Gasteiger partial charge on any atom is -0.465 e. The molecule has 1 aromatic rings. The van der Waals surface area contributed by atoms with Gasteiger partial charge in [0.25, 0.3) is 0 Å². The van der Waals surface area contributed by atoms with Crippen molar-refractivity contribution in [3.05, 3.63) is 17.1 Å². The van der Waals surface area contributed by atoms with Gasteiger partial charge in [-0.3, -0.25) is 0 Å². The third-order valence-corrected chi connectivity index (χ3v) is 4.40. The van der Waals surface area contributed by atoms with Gasteiger partial charge in [0.1, 0.15) is 16.4 Å². The molecule has 0 aliphatic rings. The van der Waals surface area contributed by atoms with E-state index in [1.54, 1.807) is 20.8 Å². The van der Waals surface area contributed by atoms with Crippen LogP contribution in [0.2, 0.25) is 0 Å². The van der Waals surface area contributed by atoms with Crippen LogP contribution in [-0.4, -0.2) is 21.5 Å². The van der Waals surface area contributed by atoms with E-state index in [0.717, 1.165) is 18.5 Å². The maximum Gasteiger partial charge on any atom is 0.244 e. The molecule has 0 amide bonds. The van der Waals surface area contributed by atoms with Crippen LogP contribution < -0.4 is 10.0 Å². The number of hydrogen-bond acceptors (Lipinski definition) is 4. The molecule has 0 saturated heterocycles. The van der Waals surface area contributed by atoms with E-state index in [4.69, 9.17) is 4.42 Å². The Morgan fingerprint density at radius 2 is 1.83 bits per heavy atom. The minimum absolute atomic E-state index is 0.283. The van der Waals surface area contributed by atoms with Gasteiger partial charge in [0.15, 0.2) is 0 Å². The van der Waals surface area contributed by atoms with Crippen molar-refractivity contribution in [3.8, 4) is 0 Å². The highest BCUT2D eigenvalue weighted by atomic mass is 32.2. The third kappa shape index (κ3) is 3.34. The van der Waals surface area contributed by atoms with Crippen LogP contribution >= 0.6 is 0 Å². The number of sulfonamides is 1. The van der Waals surface area contributed by atoms with Crippen LogP contribution in [-0.2, 0) is 16.6 Å². The van der Waals surface area contributed by atoms with Crippen molar-refractivity contribution in [2.24, 2.45) is 0 Å². The molecule has 0 aromatic carbocycles. The van der Waals surface area contributed by atoms with E-state index in [1.165, 1.54) is 0 Å². The topological polar surface area (TPSA) is 71.3 Å². The number of furan rings is 1. The molecule has 0 unspecified atom stereocenters. The first-order chi connectivity index (χ1) is 8.44. The summed E-state index contributed by atoms with van der Waals surface area (Å²) < 4.78 is 32.2. The highest BCUT2D eigenvalue weighted by Crippen LogP contribution is 2.26. The Hall–Kier alpha value is -0.850. The highest BCUT2D eigenvalue weighted by molar-refractivity contribution is 7.89. The van der Waals surface area contributed by atoms with Gasteiger partial charge < -0.3 is 9.73 Å². The summed E-state index contributed by atoms with van der Waals surface area (Å²) >= 11 is 0. The zero-order valence-corrected chi connectivity index (χ0v) is 12.3. The van der Waals surface area contributed by atoms with Crippen molar-refractivity contribution in [2.75, 3.05) is 13.1 Å². The maximum atomic E-state index is 12.1. The first-order valence-electron chi connectivity index (χ1n) is 6.23. The predicted molar refractivity (Wildman–Crippen MR) is 71.0 cm³/mol. The molecular weight excluding hydrogens is 252 g/mol. The third-order valence-electron chi connectivity index (χ3n) is 2.66. The van der Waals surface area contributed by atoms with Gasteiger partial charge in [-0.1, -0.05) is 13.8 Å². The monoisotopic (exact) mass is 274 g/mol. The summed E-state index contributed by atoms with van der Waals surface area (Å²) in [5.41, 5.74) is 0.724. The molecule has 2 N–H and O–H groups in total. The van der Waals surface area contributed by atoms with Gasteiger partial charge in [-0.2, -0.15) is 0 Å². The van der Waals surface area contributed by atoms with Crippen LogP contribution in [0.25, 0.3) is 0 Å². The quantitative estimate of drug-likeness (QED) is 0.742. The number of hydrogen-bond donors (Lipinski definition) is 2. The fourth-order valence-electron chi connectivity index (χ4n) is 1.92. The summed E-state index contributed by atoms with van der Waals surface area (Å²) in [4.78, 5) is 0.283. The minimum atomic E-state index is -3.47. The molecule has 104 valence electrons. The Morgan fingerprint density at radius 3 is 2.39 bits per heavy atom. The lowest BCUT2D eigenvalue weighted by Gasteiger charge is -2.07. The molecule has 6 heteroatoms. The second-order valence-electron chi connectivity index (χ2n) is 4.20. The second kappa shape index (κ2) is 6.36. The smallest absolute Gasteiger partial charge is 0.244 e. The fourth-order valence-corrected chi connectivity index (χ4v) is 3.40. The van der Waals surface area contributed by atoms with Gasteiger partial charge in [-0.25, -0.2) is 13.1 Å². The molecule has 1 aromatic heterocycles. The summed E-state index contributed by atoms with van der Waals surface area (Å²) in [5.74, 6) is 1.11. The van der Waals surface area contributed by atoms with E-state index in [2.05, 4.69) is 17.0 Å². The molecule has 0 radical (unpaired) electrons. The summed E-state index contributed by atoms with van der Waals surface area (Å²) in [6.07, 6.45) is 1.01. The van der Waals surface area contributed by atoms with Gasteiger partial charge in [-0.05, 0) is 26.8 Å². The molecule has 0 atom stereocenters. The Kier molecular flexibility index (Phi) is 5.37. The van der Waals surface area contributed by atoms with Crippen molar-refractivity contribution >= 4 is 10.0 Å². The molecule has 1 heterocycles. The molecule has 1 rings (SSSR count). The van der Waals surface area contributed by atoms with E-state index in [9.17, 15) is 8.42 Å². The summed E-state index contributed by atoms with van der Waals surface area (Å²) in [6.45, 7) is 9.03. The van der Waals surface area contributed by atoms with Crippen LogP contribution in [0.4, 0.5) is 0 Å². The summed E-state index contributed by atoms with van der Waals surface area (Å²) in [5, 5.41) is 3.21. The first-order valence-corrected chi connectivity index (χ1v) is 7.71. The van der Waals surface area contributed by atoms with Crippen LogP contribution in [0.1, 0.15) is 37.4 Å². The van der Waals surface area contributed by atoms with Gasteiger partial charge >= 0.3 is 0 Å². The number of rotatable bonds is 7. The van der Waals surface area contributed by atoms with Crippen LogP contribution in [0.5, 0.6) is 0 Å². The SMILES string of the molecule is CCCNCc1c(C)oc(C)c1S(=O)(=O)NCC. The Balaban J connectivity index is 3.10. The largest absolute Gasteiger partial charge is 0.465 e. The molecule has 0 spiro atoms. The normalized spacial score (nSPS) is 12.0. The molecular formula is C12H22N2O3S. The lowest BCUT2D eigenvalue weighted by atomic mass is 10.2. The highest BCUT2D eigenvalue weighted by Gasteiger charge is 2.25. The molecule has 0 saturated carbocycles. The van der Waals surface area contributed by atoms with E-state index in [1.807, 2.05) is 0 Å². The Morgan fingerprint density at radius 1 is 1.17 bits per heavy atom. The molecule has 18 heavy (non-hydrogen) atoms. The second-order valence-corrected chi connectivity index (χ2v) is 5.90. The summed E-state index contributed by atoms with van der Waals surface area (Å²) in [6, 6.07) is 0. The van der Waals surface area contributed by atoms with Gasteiger partial charge in [0.05, 0.1) is 0 Å². The number of aryl methyl sites for hydroxylation is 2. The lowest BCUT2D eigenvalue weighted by molar-refractivity contribution is 0.493. The van der Waals surface area contributed by atoms with Gasteiger partial charge in [-0.15, -0.1) is 0 Å². The average molecular weight is 274 g/mol. The zero-order valence-electron chi connectivity index (χ0n) is 11.5.